The van der Waals surface area contributed by atoms with Gasteiger partial charge in [-0.3, -0.25) is 4.99 Å². The zero-order valence-electron chi connectivity index (χ0n) is 24.8. The van der Waals surface area contributed by atoms with Gasteiger partial charge >= 0.3 is 0 Å². The van der Waals surface area contributed by atoms with Crippen LogP contribution in [0.4, 0.5) is 0 Å². The average Bonchev–Trinajstić information content (AvgIpc) is 2.84. The van der Waals surface area contributed by atoms with E-state index in [4.69, 9.17) is 4.99 Å². The zero-order chi connectivity index (χ0) is 27.1. The molecule has 0 amide bonds. The second-order valence-electron chi connectivity index (χ2n) is 10.7. The van der Waals surface area contributed by atoms with Crippen molar-refractivity contribution in [3.63, 3.8) is 0 Å². The van der Waals surface area contributed by atoms with E-state index in [0.29, 0.717) is 0 Å². The van der Waals surface area contributed by atoms with Crippen LogP contribution in [-0.4, -0.2) is 18.3 Å². The molecule has 1 aromatic rings. The van der Waals surface area contributed by atoms with Crippen LogP contribution in [0, 0.1) is 6.92 Å². The van der Waals surface area contributed by atoms with E-state index >= 15 is 0 Å². The Labute approximate surface area is 223 Å². The fraction of sp³-hybridized carbons (Fsp3) is 0.559. The average molecular weight is 491 g/mol. The van der Waals surface area contributed by atoms with E-state index in [1.54, 1.807) is 0 Å². The summed E-state index contributed by atoms with van der Waals surface area (Å²) in [5, 5.41) is 3.58. The molecule has 200 valence electrons. The number of hydrogen-bond donors (Lipinski definition) is 1. The van der Waals surface area contributed by atoms with Crippen LogP contribution < -0.4 is 5.32 Å². The van der Waals surface area contributed by atoms with Crippen molar-refractivity contribution in [1.29, 1.82) is 0 Å². The van der Waals surface area contributed by atoms with Gasteiger partial charge in [0, 0.05) is 29.8 Å². The van der Waals surface area contributed by atoms with E-state index in [2.05, 4.69) is 98.1 Å². The van der Waals surface area contributed by atoms with Gasteiger partial charge in [0.2, 0.25) is 0 Å². The van der Waals surface area contributed by atoms with Gasteiger partial charge in [0.05, 0.1) is 11.8 Å². The molecular formula is C34H54N2. The van der Waals surface area contributed by atoms with E-state index in [0.717, 1.165) is 41.9 Å². The van der Waals surface area contributed by atoms with Crippen LogP contribution in [-0.2, 0) is 0 Å². The maximum atomic E-state index is 5.42. The first-order valence-electron chi connectivity index (χ1n) is 14.2. The Hall–Kier alpha value is -2.35. The second kappa shape index (κ2) is 17.2. The number of unbranched alkanes of at least 4 members (excludes halogenated alkanes) is 6. The van der Waals surface area contributed by atoms with E-state index in [9.17, 15) is 0 Å². The minimum atomic E-state index is -0.000316. The van der Waals surface area contributed by atoms with Gasteiger partial charge in [0.15, 0.2) is 0 Å². The lowest BCUT2D eigenvalue weighted by Crippen LogP contribution is -2.21. The molecular weight excluding hydrogens is 436 g/mol. The molecule has 2 heteroatoms. The molecule has 1 rings (SSSR count). The number of hydrogen-bond acceptors (Lipinski definition) is 2. The minimum Gasteiger partial charge on any atom is -0.389 e. The number of benzene rings is 1. The molecule has 0 heterocycles. The van der Waals surface area contributed by atoms with Crippen LogP contribution in [0.3, 0.4) is 0 Å². The summed E-state index contributed by atoms with van der Waals surface area (Å²) in [7, 11) is 0. The van der Waals surface area contributed by atoms with Crippen molar-refractivity contribution in [3.8, 4) is 0 Å². The Morgan fingerprint density at radius 1 is 0.833 bits per heavy atom. The Balaban J connectivity index is 3.14. The molecule has 0 aliphatic rings. The normalized spacial score (nSPS) is 12.2. The van der Waals surface area contributed by atoms with Gasteiger partial charge in [-0.15, -0.1) is 0 Å². The SMILES string of the molecule is C=C(C[C@H](N=C(C(=C(C)C)C(C)=C(C)C)c1ccc(C)cc1)C(=C)CC)NCCCCCCCCC. The third-order valence-corrected chi connectivity index (χ3v) is 6.99. The van der Waals surface area contributed by atoms with Crippen molar-refractivity contribution in [1.82, 2.24) is 5.32 Å². The van der Waals surface area contributed by atoms with Crippen LogP contribution in [0.2, 0.25) is 0 Å². The van der Waals surface area contributed by atoms with Gasteiger partial charge in [-0.1, -0.05) is 112 Å². The molecule has 0 unspecified atom stereocenters. The molecule has 0 radical (unpaired) electrons. The Morgan fingerprint density at radius 2 is 1.42 bits per heavy atom. The van der Waals surface area contributed by atoms with Crippen LogP contribution in [0.15, 0.2) is 76.0 Å². The van der Waals surface area contributed by atoms with Gasteiger partial charge in [-0.25, -0.2) is 0 Å². The summed E-state index contributed by atoms with van der Waals surface area (Å²) in [6.07, 6.45) is 10.9. The largest absolute Gasteiger partial charge is 0.389 e. The monoisotopic (exact) mass is 490 g/mol. The van der Waals surface area contributed by atoms with Gasteiger partial charge in [0.25, 0.3) is 0 Å². The molecule has 0 saturated carbocycles. The number of nitrogens with zero attached hydrogens (tertiary/aromatic N) is 1. The lowest BCUT2D eigenvalue weighted by molar-refractivity contribution is 0.572. The van der Waals surface area contributed by atoms with E-state index in [1.807, 2.05) is 0 Å². The summed E-state index contributed by atoms with van der Waals surface area (Å²) in [4.78, 5) is 5.42. The molecule has 0 aliphatic heterocycles. The van der Waals surface area contributed by atoms with Crippen LogP contribution in [0.5, 0.6) is 0 Å². The van der Waals surface area contributed by atoms with Crippen molar-refractivity contribution in [2.24, 2.45) is 4.99 Å². The second-order valence-corrected chi connectivity index (χ2v) is 10.7. The van der Waals surface area contributed by atoms with Crippen molar-refractivity contribution in [2.45, 2.75) is 119 Å². The fourth-order valence-electron chi connectivity index (χ4n) is 4.36. The van der Waals surface area contributed by atoms with Crippen molar-refractivity contribution in [3.05, 3.63) is 82.1 Å². The molecule has 0 bridgehead atoms. The maximum Gasteiger partial charge on any atom is 0.0768 e. The fourth-order valence-corrected chi connectivity index (χ4v) is 4.36. The lowest BCUT2D eigenvalue weighted by Gasteiger charge is -2.22. The number of aliphatic imine (C=N–C) groups is 1. The molecule has 1 atom stereocenters. The third kappa shape index (κ3) is 11.1. The Bertz CT molecular complexity index is 916. The summed E-state index contributed by atoms with van der Waals surface area (Å²) >= 11 is 0. The van der Waals surface area contributed by atoms with Crippen molar-refractivity contribution < 1.29 is 0 Å². The highest BCUT2D eigenvalue weighted by molar-refractivity contribution is 6.15. The summed E-state index contributed by atoms with van der Waals surface area (Å²) in [6, 6.07) is 8.76. The highest BCUT2D eigenvalue weighted by Gasteiger charge is 2.19. The molecule has 1 N–H and O–H groups in total. The molecule has 0 aliphatic carbocycles. The molecule has 0 aromatic heterocycles. The zero-order valence-corrected chi connectivity index (χ0v) is 24.8. The van der Waals surface area contributed by atoms with E-state index in [-0.39, 0.29) is 6.04 Å². The van der Waals surface area contributed by atoms with Gasteiger partial charge < -0.3 is 5.32 Å². The van der Waals surface area contributed by atoms with Crippen molar-refractivity contribution in [2.75, 3.05) is 6.54 Å². The van der Waals surface area contributed by atoms with E-state index < -0.39 is 0 Å². The van der Waals surface area contributed by atoms with Gasteiger partial charge in [-0.2, -0.15) is 0 Å². The molecule has 0 saturated heterocycles. The molecule has 0 fully saturated rings. The molecule has 2 nitrogen and oxygen atoms in total. The Kier molecular flexibility index (Phi) is 15.1. The number of aryl methyl sites for hydroxylation is 1. The first kappa shape index (κ1) is 31.7. The van der Waals surface area contributed by atoms with Gasteiger partial charge in [0.1, 0.15) is 0 Å². The number of nitrogens with one attached hydrogen (secondary N) is 1. The Morgan fingerprint density at radius 3 is 1.94 bits per heavy atom. The quantitative estimate of drug-likeness (QED) is 0.0998. The summed E-state index contributed by atoms with van der Waals surface area (Å²) in [6.45, 7) is 27.3. The molecule has 1 aromatic carbocycles. The van der Waals surface area contributed by atoms with Crippen LogP contribution >= 0.6 is 0 Å². The summed E-state index contributed by atoms with van der Waals surface area (Å²) < 4.78 is 0. The van der Waals surface area contributed by atoms with Gasteiger partial charge in [-0.05, 0) is 60.0 Å². The van der Waals surface area contributed by atoms with Crippen LogP contribution in [0.1, 0.15) is 117 Å². The van der Waals surface area contributed by atoms with Crippen LogP contribution in [0.25, 0.3) is 0 Å². The number of allylic oxidation sites excluding steroid dienone is 4. The first-order chi connectivity index (χ1) is 17.1. The van der Waals surface area contributed by atoms with Crippen molar-refractivity contribution >= 4 is 5.71 Å². The number of rotatable bonds is 17. The lowest BCUT2D eigenvalue weighted by atomic mass is 9.89. The standard InChI is InChI=1S/C34H54N2/c1-11-13-14-15-16-17-18-23-35-29(9)24-32(28(8)12-2)36-34(31-21-19-27(7)20-22-31)33(26(5)6)30(10)25(3)4/h19-22,32,35H,8-9,11-18,23-24H2,1-7,10H3/t32-/m0/s1. The maximum absolute atomic E-state index is 5.42. The first-order valence-corrected chi connectivity index (χ1v) is 14.2. The molecule has 0 spiro atoms. The predicted octanol–water partition coefficient (Wildman–Crippen LogP) is 10.1. The third-order valence-electron chi connectivity index (χ3n) is 6.99. The minimum absolute atomic E-state index is 0.000316. The topological polar surface area (TPSA) is 24.4 Å². The predicted molar refractivity (Wildman–Crippen MR) is 163 cm³/mol. The summed E-state index contributed by atoms with van der Waals surface area (Å²) in [5.41, 5.74) is 10.8. The smallest absolute Gasteiger partial charge is 0.0768 e. The molecule has 36 heavy (non-hydrogen) atoms. The summed E-state index contributed by atoms with van der Waals surface area (Å²) in [5.74, 6) is 0. The highest BCUT2D eigenvalue weighted by atomic mass is 14.9. The van der Waals surface area contributed by atoms with E-state index in [1.165, 1.54) is 72.8 Å². The highest BCUT2D eigenvalue weighted by Crippen LogP contribution is 2.27.